The molecule has 0 bridgehead atoms. The Kier molecular flexibility index (Phi) is 3.71. The first kappa shape index (κ1) is 12.9. The van der Waals surface area contributed by atoms with E-state index in [1.54, 1.807) is 0 Å². The Morgan fingerprint density at radius 2 is 2.21 bits per heavy atom. The molecule has 3 rings (SSSR count). The van der Waals surface area contributed by atoms with Crippen LogP contribution < -0.4 is 5.32 Å². The number of benzene rings is 1. The van der Waals surface area contributed by atoms with E-state index in [2.05, 4.69) is 62.4 Å². The van der Waals surface area contributed by atoms with Crippen molar-refractivity contribution in [3.05, 3.63) is 34.9 Å². The number of anilines is 1. The zero-order valence-corrected chi connectivity index (χ0v) is 12.7. The molecule has 1 fully saturated rings. The highest BCUT2D eigenvalue weighted by molar-refractivity contribution is 9.10. The van der Waals surface area contributed by atoms with Gasteiger partial charge in [-0.1, -0.05) is 28.1 Å². The number of rotatable bonds is 2. The summed E-state index contributed by atoms with van der Waals surface area (Å²) >= 11 is 3.60. The number of pyridine rings is 1. The third-order valence-electron chi connectivity index (χ3n) is 3.72. The number of aromatic nitrogens is 1. The van der Waals surface area contributed by atoms with E-state index >= 15 is 0 Å². The fraction of sp³-hybridized carbons (Fsp3) is 0.400. The summed E-state index contributed by atoms with van der Waals surface area (Å²) in [6, 6.07) is 8.81. The molecule has 1 aliphatic rings. The van der Waals surface area contributed by atoms with Crippen LogP contribution in [0.2, 0.25) is 0 Å². The lowest BCUT2D eigenvalue weighted by molar-refractivity contribution is 0.261. The number of nitrogens with one attached hydrogen (secondary N) is 1. The van der Waals surface area contributed by atoms with Crippen LogP contribution in [0.15, 0.2) is 34.9 Å². The van der Waals surface area contributed by atoms with Gasteiger partial charge in [-0.2, -0.15) is 0 Å². The van der Waals surface area contributed by atoms with Crippen LogP contribution in [0.1, 0.15) is 12.8 Å². The molecule has 100 valence electrons. The van der Waals surface area contributed by atoms with Crippen LogP contribution in [0, 0.1) is 0 Å². The maximum absolute atomic E-state index is 4.52. The van der Waals surface area contributed by atoms with E-state index in [-0.39, 0.29) is 0 Å². The maximum atomic E-state index is 4.52. The SMILES string of the molecule is CN1CCCC(Nc2nccc3c(Br)cccc23)C1. The monoisotopic (exact) mass is 319 g/mol. The first-order valence-corrected chi connectivity index (χ1v) is 7.51. The molecule has 0 spiro atoms. The normalized spacial score (nSPS) is 20.6. The van der Waals surface area contributed by atoms with E-state index in [4.69, 9.17) is 0 Å². The minimum Gasteiger partial charge on any atom is -0.366 e. The van der Waals surface area contributed by atoms with E-state index in [1.165, 1.54) is 30.2 Å². The topological polar surface area (TPSA) is 28.2 Å². The van der Waals surface area contributed by atoms with Gasteiger partial charge in [0.1, 0.15) is 5.82 Å². The average molecular weight is 320 g/mol. The van der Waals surface area contributed by atoms with Gasteiger partial charge in [-0.15, -0.1) is 0 Å². The first-order valence-electron chi connectivity index (χ1n) is 6.72. The minimum absolute atomic E-state index is 0.496. The number of likely N-dealkylation sites (N-methyl/N-ethyl adjacent to an activating group) is 1. The number of likely N-dealkylation sites (tertiary alicyclic amines) is 1. The van der Waals surface area contributed by atoms with Gasteiger partial charge in [0.05, 0.1) is 0 Å². The second kappa shape index (κ2) is 5.47. The van der Waals surface area contributed by atoms with E-state index in [0.29, 0.717) is 6.04 Å². The molecular formula is C15H18BrN3. The Bertz CT molecular complexity index is 585. The Labute approximate surface area is 122 Å². The number of nitrogens with zero attached hydrogens (tertiary/aromatic N) is 2. The lowest BCUT2D eigenvalue weighted by Crippen LogP contribution is -2.39. The lowest BCUT2D eigenvalue weighted by Gasteiger charge is -2.30. The Balaban J connectivity index is 1.90. The highest BCUT2D eigenvalue weighted by Gasteiger charge is 2.18. The Morgan fingerprint density at radius 1 is 1.32 bits per heavy atom. The summed E-state index contributed by atoms with van der Waals surface area (Å²) in [6.07, 6.45) is 4.35. The van der Waals surface area contributed by atoms with Gasteiger partial charge in [-0.05, 0) is 38.6 Å². The van der Waals surface area contributed by atoms with E-state index in [1.807, 2.05) is 6.20 Å². The summed E-state index contributed by atoms with van der Waals surface area (Å²) in [5.41, 5.74) is 0. The molecule has 19 heavy (non-hydrogen) atoms. The molecular weight excluding hydrogens is 302 g/mol. The number of fused-ring (bicyclic) bond motifs is 1. The predicted octanol–water partition coefficient (Wildman–Crippen LogP) is 3.50. The number of hydrogen-bond donors (Lipinski definition) is 1. The average Bonchev–Trinajstić information content (AvgIpc) is 2.40. The van der Waals surface area contributed by atoms with Crippen molar-refractivity contribution >= 4 is 32.5 Å². The molecule has 1 saturated heterocycles. The molecule has 0 amide bonds. The fourth-order valence-electron chi connectivity index (χ4n) is 2.76. The van der Waals surface area contributed by atoms with Gasteiger partial charge in [0.25, 0.3) is 0 Å². The summed E-state index contributed by atoms with van der Waals surface area (Å²) in [6.45, 7) is 2.29. The van der Waals surface area contributed by atoms with Gasteiger partial charge in [-0.3, -0.25) is 0 Å². The van der Waals surface area contributed by atoms with Gasteiger partial charge in [0.15, 0.2) is 0 Å². The summed E-state index contributed by atoms with van der Waals surface area (Å²) in [5.74, 6) is 0.999. The summed E-state index contributed by atoms with van der Waals surface area (Å²) in [7, 11) is 2.18. The summed E-state index contributed by atoms with van der Waals surface area (Å²) in [4.78, 5) is 6.89. The molecule has 1 unspecified atom stereocenters. The molecule has 3 nitrogen and oxygen atoms in total. The number of hydrogen-bond acceptors (Lipinski definition) is 3. The molecule has 1 N–H and O–H groups in total. The lowest BCUT2D eigenvalue weighted by atomic mass is 10.1. The predicted molar refractivity (Wildman–Crippen MR) is 83.6 cm³/mol. The zero-order valence-electron chi connectivity index (χ0n) is 11.1. The van der Waals surface area contributed by atoms with Crippen molar-refractivity contribution in [1.82, 2.24) is 9.88 Å². The third kappa shape index (κ3) is 2.74. The van der Waals surface area contributed by atoms with E-state index in [9.17, 15) is 0 Å². The van der Waals surface area contributed by atoms with Crippen molar-refractivity contribution in [2.24, 2.45) is 0 Å². The van der Waals surface area contributed by atoms with Crippen molar-refractivity contribution < 1.29 is 0 Å². The van der Waals surface area contributed by atoms with Gasteiger partial charge in [0, 0.05) is 34.0 Å². The van der Waals surface area contributed by atoms with Crippen LogP contribution in [0.3, 0.4) is 0 Å². The summed E-state index contributed by atoms with van der Waals surface area (Å²) in [5, 5.41) is 6.01. The van der Waals surface area contributed by atoms with Gasteiger partial charge in [-0.25, -0.2) is 4.98 Å². The van der Waals surface area contributed by atoms with Crippen LogP contribution >= 0.6 is 15.9 Å². The Hall–Kier alpha value is -1.13. The number of halogens is 1. The molecule has 1 aromatic heterocycles. The largest absolute Gasteiger partial charge is 0.366 e. The molecule has 1 aliphatic heterocycles. The van der Waals surface area contributed by atoms with Crippen LogP contribution in [-0.4, -0.2) is 36.1 Å². The summed E-state index contributed by atoms with van der Waals surface area (Å²) < 4.78 is 1.12. The number of piperidine rings is 1. The molecule has 2 aromatic rings. The smallest absolute Gasteiger partial charge is 0.134 e. The molecule has 2 heterocycles. The highest BCUT2D eigenvalue weighted by atomic mass is 79.9. The molecule has 0 saturated carbocycles. The fourth-order valence-corrected chi connectivity index (χ4v) is 3.26. The van der Waals surface area contributed by atoms with Crippen LogP contribution in [0.25, 0.3) is 10.8 Å². The molecule has 1 aromatic carbocycles. The first-order chi connectivity index (χ1) is 9.24. The Morgan fingerprint density at radius 3 is 3.05 bits per heavy atom. The van der Waals surface area contributed by atoms with Crippen molar-refractivity contribution in [3.8, 4) is 0 Å². The van der Waals surface area contributed by atoms with Crippen molar-refractivity contribution in [1.29, 1.82) is 0 Å². The van der Waals surface area contributed by atoms with Crippen molar-refractivity contribution in [2.45, 2.75) is 18.9 Å². The van der Waals surface area contributed by atoms with Gasteiger partial charge < -0.3 is 10.2 Å². The molecule has 0 radical (unpaired) electrons. The van der Waals surface area contributed by atoms with Crippen LogP contribution in [0.5, 0.6) is 0 Å². The standard InChI is InChI=1S/C15H18BrN3/c1-19-9-3-4-11(10-19)18-15-13-5-2-6-14(16)12(13)7-8-17-15/h2,5-8,11H,3-4,9-10H2,1H3,(H,17,18). The van der Waals surface area contributed by atoms with E-state index in [0.717, 1.165) is 16.8 Å². The second-order valence-electron chi connectivity index (χ2n) is 5.24. The maximum Gasteiger partial charge on any atom is 0.134 e. The van der Waals surface area contributed by atoms with E-state index < -0.39 is 0 Å². The highest BCUT2D eigenvalue weighted by Crippen LogP contribution is 2.28. The van der Waals surface area contributed by atoms with Crippen molar-refractivity contribution in [3.63, 3.8) is 0 Å². The molecule has 4 heteroatoms. The third-order valence-corrected chi connectivity index (χ3v) is 4.41. The molecule has 1 atom stereocenters. The van der Waals surface area contributed by atoms with Gasteiger partial charge >= 0.3 is 0 Å². The minimum atomic E-state index is 0.496. The molecule has 0 aliphatic carbocycles. The van der Waals surface area contributed by atoms with Gasteiger partial charge in [0.2, 0.25) is 0 Å². The van der Waals surface area contributed by atoms with Crippen LogP contribution in [-0.2, 0) is 0 Å². The van der Waals surface area contributed by atoms with Crippen LogP contribution in [0.4, 0.5) is 5.82 Å². The second-order valence-corrected chi connectivity index (χ2v) is 6.09. The zero-order chi connectivity index (χ0) is 13.2. The van der Waals surface area contributed by atoms with Crippen molar-refractivity contribution in [2.75, 3.05) is 25.5 Å². The quantitative estimate of drug-likeness (QED) is 0.918.